The second-order valence-electron chi connectivity index (χ2n) is 10.1. The van der Waals surface area contributed by atoms with Gasteiger partial charge >= 0.3 is 0 Å². The molecule has 4 fully saturated rings. The van der Waals surface area contributed by atoms with Gasteiger partial charge in [-0.05, 0) is 43.8 Å². The fraction of sp³-hybridized carbons (Fsp3) is 0.900. The van der Waals surface area contributed by atoms with Crippen LogP contribution in [-0.2, 0) is 13.9 Å². The Kier molecular flexibility index (Phi) is 4.61. The molecule has 0 aromatic rings. The van der Waals surface area contributed by atoms with Crippen LogP contribution in [-0.4, -0.2) is 45.6 Å². The molecule has 25 heavy (non-hydrogen) atoms. The summed E-state index contributed by atoms with van der Waals surface area (Å²) in [4.78, 5) is 0. The van der Waals surface area contributed by atoms with E-state index in [1.165, 1.54) is 0 Å². The molecule has 4 rings (SSSR count). The number of fused-ring (bicyclic) bond motifs is 1. The minimum Gasteiger partial charge on any atom is -0.416 e. The van der Waals surface area contributed by atoms with Crippen LogP contribution in [0.1, 0.15) is 46.5 Å². The number of hydrogen-bond donors (Lipinski definition) is 1. The predicted molar refractivity (Wildman–Crippen MR) is 102 cm³/mol. The normalized spacial score (nSPS) is 42.5. The lowest BCUT2D eigenvalue weighted by Crippen LogP contribution is -2.49. The average Bonchev–Trinajstić information content (AvgIpc) is 3.03. The molecule has 0 aromatic heterocycles. The summed E-state index contributed by atoms with van der Waals surface area (Å²) in [6.45, 7) is 16.3. The van der Waals surface area contributed by atoms with Crippen LogP contribution in [0.3, 0.4) is 0 Å². The highest BCUT2D eigenvalue weighted by Crippen LogP contribution is 2.83. The zero-order valence-electron chi connectivity index (χ0n) is 16.9. The van der Waals surface area contributed by atoms with Gasteiger partial charge in [0.25, 0.3) is 0 Å². The Morgan fingerprint density at radius 1 is 1.28 bits per heavy atom. The molecule has 0 aromatic carbocycles. The molecule has 144 valence electrons. The molecular formula is C20H36O4Si. The van der Waals surface area contributed by atoms with Crippen LogP contribution in [0.2, 0.25) is 18.1 Å². The summed E-state index contributed by atoms with van der Waals surface area (Å²) in [7, 11) is -0.176. The van der Waals surface area contributed by atoms with Crippen molar-refractivity contribution in [2.75, 3.05) is 20.5 Å². The minimum atomic E-state index is -1.84. The van der Waals surface area contributed by atoms with E-state index in [0.717, 1.165) is 25.7 Å². The van der Waals surface area contributed by atoms with Crippen molar-refractivity contribution in [1.29, 1.82) is 0 Å². The molecular weight excluding hydrogens is 332 g/mol. The van der Waals surface area contributed by atoms with Crippen LogP contribution in [0.25, 0.3) is 0 Å². The first-order valence-electron chi connectivity index (χ1n) is 9.58. The molecule has 4 saturated carbocycles. The molecule has 4 aliphatic rings. The summed E-state index contributed by atoms with van der Waals surface area (Å²) >= 11 is 0. The first-order chi connectivity index (χ1) is 11.5. The van der Waals surface area contributed by atoms with E-state index in [-0.39, 0.29) is 33.5 Å². The molecule has 5 heteroatoms. The third-order valence-corrected chi connectivity index (χ3v) is 12.4. The van der Waals surface area contributed by atoms with Crippen LogP contribution in [0.15, 0.2) is 12.7 Å². The molecule has 1 N–H and O–H groups in total. The van der Waals surface area contributed by atoms with Crippen molar-refractivity contribution in [1.82, 2.24) is 0 Å². The Labute approximate surface area is 154 Å². The van der Waals surface area contributed by atoms with E-state index < -0.39 is 8.32 Å². The van der Waals surface area contributed by atoms with Crippen LogP contribution in [0.4, 0.5) is 0 Å². The van der Waals surface area contributed by atoms with Gasteiger partial charge in [-0.25, -0.2) is 0 Å². The number of aliphatic hydroxyl groups excluding tert-OH is 1. The molecule has 5 atom stereocenters. The van der Waals surface area contributed by atoms with Crippen LogP contribution >= 0.6 is 0 Å². The van der Waals surface area contributed by atoms with E-state index in [9.17, 15) is 5.11 Å². The fourth-order valence-electron chi connectivity index (χ4n) is 5.49. The van der Waals surface area contributed by atoms with Crippen molar-refractivity contribution >= 4 is 8.32 Å². The summed E-state index contributed by atoms with van der Waals surface area (Å²) in [5.74, 6) is 0.175. The fourth-order valence-corrected chi connectivity index (χ4v) is 6.54. The minimum absolute atomic E-state index is 0.0264. The summed E-state index contributed by atoms with van der Waals surface area (Å²) in [5, 5.41) is 11.3. The molecule has 0 aliphatic heterocycles. The smallest absolute Gasteiger partial charge is 0.192 e. The van der Waals surface area contributed by atoms with E-state index >= 15 is 0 Å². The Morgan fingerprint density at radius 3 is 2.52 bits per heavy atom. The topological polar surface area (TPSA) is 47.9 Å². The monoisotopic (exact) mass is 368 g/mol. The lowest BCUT2D eigenvalue weighted by Gasteiger charge is -2.47. The first kappa shape index (κ1) is 19.6. The molecule has 0 spiro atoms. The van der Waals surface area contributed by atoms with Gasteiger partial charge in [-0.15, -0.1) is 6.58 Å². The van der Waals surface area contributed by atoms with E-state index in [0.29, 0.717) is 13.4 Å². The van der Waals surface area contributed by atoms with Crippen molar-refractivity contribution < 1.29 is 19.0 Å². The first-order valence-corrected chi connectivity index (χ1v) is 12.5. The molecule has 0 radical (unpaired) electrons. The largest absolute Gasteiger partial charge is 0.416 e. The number of aliphatic hydroxyl groups is 1. The summed E-state index contributed by atoms with van der Waals surface area (Å²) in [6, 6.07) is 0. The standard InChI is InChI=1S/C20H36O4Si/c1-8-9-18-10-11-20(23-14-22-5)15(16(18)21)19(20,12-18)13-24-25(6,7)17(2,3)4/h8,15-16,21H,1,9-14H2,2-7H3/t15?,16-,18+,19+,20-/m0/s1. The van der Waals surface area contributed by atoms with Crippen LogP contribution < -0.4 is 0 Å². The van der Waals surface area contributed by atoms with Gasteiger partial charge in [0.15, 0.2) is 8.32 Å². The average molecular weight is 369 g/mol. The molecule has 4 nitrogen and oxygen atoms in total. The van der Waals surface area contributed by atoms with E-state index in [1.54, 1.807) is 7.11 Å². The molecule has 0 amide bonds. The van der Waals surface area contributed by atoms with Crippen molar-refractivity contribution in [3.63, 3.8) is 0 Å². The maximum absolute atomic E-state index is 11.1. The van der Waals surface area contributed by atoms with E-state index in [2.05, 4.69) is 40.4 Å². The van der Waals surface area contributed by atoms with Gasteiger partial charge in [0.2, 0.25) is 0 Å². The molecule has 4 bridgehead atoms. The van der Waals surface area contributed by atoms with Crippen molar-refractivity contribution in [3.8, 4) is 0 Å². The molecule has 0 saturated heterocycles. The SMILES string of the molecule is C=CC[C@]12CC[C@]3(OCOC)C([C@@H]1O)[C@]3(CO[Si](C)(C)C(C)(C)C)C2. The highest BCUT2D eigenvalue weighted by Gasteiger charge is 2.88. The molecule has 1 unspecified atom stereocenters. The maximum atomic E-state index is 11.1. The number of hydrogen-bond acceptors (Lipinski definition) is 4. The van der Waals surface area contributed by atoms with Crippen LogP contribution in [0, 0.1) is 16.7 Å². The van der Waals surface area contributed by atoms with E-state index in [1.807, 2.05) is 6.08 Å². The number of ether oxygens (including phenoxy) is 2. The lowest BCUT2D eigenvalue weighted by molar-refractivity contribution is -0.162. The number of rotatable bonds is 8. The van der Waals surface area contributed by atoms with Crippen molar-refractivity contribution in [3.05, 3.63) is 12.7 Å². The van der Waals surface area contributed by atoms with Crippen molar-refractivity contribution in [2.45, 2.75) is 76.3 Å². The van der Waals surface area contributed by atoms with Crippen molar-refractivity contribution in [2.24, 2.45) is 16.7 Å². The zero-order chi connectivity index (χ0) is 18.7. The highest BCUT2D eigenvalue weighted by atomic mass is 28.4. The summed E-state index contributed by atoms with van der Waals surface area (Å²) < 4.78 is 18.1. The molecule has 4 aliphatic carbocycles. The van der Waals surface area contributed by atoms with E-state index in [4.69, 9.17) is 13.9 Å². The zero-order valence-corrected chi connectivity index (χ0v) is 17.9. The Morgan fingerprint density at radius 2 is 1.96 bits per heavy atom. The third-order valence-electron chi connectivity index (χ3n) is 7.94. The number of allylic oxidation sites excluding steroid dienone is 1. The van der Waals surface area contributed by atoms with Gasteiger partial charge in [-0.3, -0.25) is 0 Å². The second kappa shape index (κ2) is 5.90. The summed E-state index contributed by atoms with van der Waals surface area (Å²) in [6.07, 6.45) is 5.51. The van der Waals surface area contributed by atoms with Crippen LogP contribution in [0.5, 0.6) is 0 Å². The van der Waals surface area contributed by atoms with Gasteiger partial charge < -0.3 is 19.0 Å². The van der Waals surface area contributed by atoms with Gasteiger partial charge in [0.05, 0.1) is 11.7 Å². The maximum Gasteiger partial charge on any atom is 0.192 e. The Hall–Kier alpha value is -0.203. The highest BCUT2D eigenvalue weighted by molar-refractivity contribution is 6.74. The Balaban J connectivity index is 1.84. The van der Waals surface area contributed by atoms with Gasteiger partial charge in [0.1, 0.15) is 6.79 Å². The quantitative estimate of drug-likeness (QED) is 0.398. The second-order valence-corrected chi connectivity index (χ2v) is 14.9. The predicted octanol–water partition coefficient (Wildman–Crippen LogP) is 4.10. The van der Waals surface area contributed by atoms with Gasteiger partial charge in [0, 0.05) is 30.5 Å². The van der Waals surface area contributed by atoms with Gasteiger partial charge in [-0.2, -0.15) is 0 Å². The number of methoxy groups -OCH3 is 1. The summed E-state index contributed by atoms with van der Waals surface area (Å²) in [5.41, 5.74) is -0.336. The molecule has 0 heterocycles. The van der Waals surface area contributed by atoms with Gasteiger partial charge in [-0.1, -0.05) is 26.8 Å². The Bertz CT molecular complexity index is 542. The third kappa shape index (κ3) is 2.53. The lowest BCUT2D eigenvalue weighted by atomic mass is 9.64.